The Kier molecular flexibility index (Phi) is 9.42. The van der Waals surface area contributed by atoms with E-state index in [1.54, 1.807) is 7.11 Å². The molecule has 0 fully saturated rings. The summed E-state index contributed by atoms with van der Waals surface area (Å²) in [5, 5.41) is 9.13. The lowest BCUT2D eigenvalue weighted by Gasteiger charge is -2.19. The van der Waals surface area contributed by atoms with Gasteiger partial charge in [-0.05, 0) is 32.9 Å². The first-order chi connectivity index (χ1) is 7.65. The van der Waals surface area contributed by atoms with Crippen molar-refractivity contribution in [1.82, 2.24) is 0 Å². The minimum Gasteiger partial charge on any atom is -0.368 e. The van der Waals surface area contributed by atoms with Crippen molar-refractivity contribution in [2.45, 2.75) is 44.8 Å². The Morgan fingerprint density at radius 3 is 2.44 bits per heavy atom. The maximum atomic E-state index is 9.13. The first-order valence-corrected chi connectivity index (χ1v) is 5.46. The highest BCUT2D eigenvalue weighted by atomic mass is 16.7. The lowest BCUT2D eigenvalue weighted by atomic mass is 10.2. The lowest BCUT2D eigenvalue weighted by molar-refractivity contribution is -0.134. The van der Waals surface area contributed by atoms with Crippen LogP contribution >= 0.6 is 0 Å². The van der Waals surface area contributed by atoms with E-state index in [9.17, 15) is 0 Å². The second-order valence-corrected chi connectivity index (χ2v) is 3.58. The Hall–Kier alpha value is -0.490. The summed E-state index contributed by atoms with van der Waals surface area (Å²) in [4.78, 5) is 3.84. The first kappa shape index (κ1) is 15.5. The highest BCUT2D eigenvalue weighted by Gasteiger charge is 2.14. The number of ether oxygens (including phenoxy) is 3. The molecule has 0 aromatic carbocycles. The molecular formula is C11H23NO4. The molecule has 3 atom stereocenters. The third-order valence-electron chi connectivity index (χ3n) is 2.31. The van der Waals surface area contributed by atoms with Crippen molar-refractivity contribution >= 4 is 6.72 Å². The summed E-state index contributed by atoms with van der Waals surface area (Å²) in [5.74, 6) is 0. The predicted octanol–water partition coefficient (Wildman–Crippen LogP) is 1.20. The molecule has 16 heavy (non-hydrogen) atoms. The van der Waals surface area contributed by atoms with Gasteiger partial charge in [-0.2, -0.15) is 0 Å². The highest BCUT2D eigenvalue weighted by molar-refractivity contribution is 5.24. The largest absolute Gasteiger partial charge is 0.368 e. The van der Waals surface area contributed by atoms with Gasteiger partial charge in [-0.1, -0.05) is 0 Å². The van der Waals surface area contributed by atoms with Crippen molar-refractivity contribution < 1.29 is 19.3 Å². The van der Waals surface area contributed by atoms with E-state index >= 15 is 0 Å². The van der Waals surface area contributed by atoms with Crippen LogP contribution in [0.2, 0.25) is 0 Å². The van der Waals surface area contributed by atoms with Crippen LogP contribution in [0.15, 0.2) is 4.99 Å². The number of methoxy groups -OCH3 is 2. The SMILES string of the molecule is C=NC(C)C(OC)OCCCCC(O)OC. The van der Waals surface area contributed by atoms with E-state index in [-0.39, 0.29) is 12.3 Å². The Morgan fingerprint density at radius 1 is 1.25 bits per heavy atom. The molecule has 0 heterocycles. The average Bonchev–Trinajstić information content (AvgIpc) is 2.32. The van der Waals surface area contributed by atoms with Gasteiger partial charge in [0.05, 0.1) is 6.04 Å². The molecule has 3 unspecified atom stereocenters. The van der Waals surface area contributed by atoms with Crippen molar-refractivity contribution in [3.05, 3.63) is 0 Å². The van der Waals surface area contributed by atoms with Crippen LogP contribution in [0.5, 0.6) is 0 Å². The minimum atomic E-state index is -0.674. The number of aliphatic imine (C=N–C) groups is 1. The van der Waals surface area contributed by atoms with E-state index in [1.807, 2.05) is 6.92 Å². The zero-order chi connectivity index (χ0) is 12.4. The third-order valence-corrected chi connectivity index (χ3v) is 2.31. The maximum absolute atomic E-state index is 9.13. The number of hydrogen-bond donors (Lipinski definition) is 1. The second-order valence-electron chi connectivity index (χ2n) is 3.58. The molecule has 0 amide bonds. The molecule has 0 bridgehead atoms. The average molecular weight is 233 g/mol. The molecule has 0 aromatic heterocycles. The van der Waals surface area contributed by atoms with Crippen LogP contribution in [-0.2, 0) is 14.2 Å². The van der Waals surface area contributed by atoms with Crippen LogP contribution in [0.25, 0.3) is 0 Å². The molecule has 0 aromatic rings. The quantitative estimate of drug-likeness (QED) is 0.350. The van der Waals surface area contributed by atoms with Crippen LogP contribution in [0.4, 0.5) is 0 Å². The van der Waals surface area contributed by atoms with Crippen LogP contribution < -0.4 is 0 Å². The van der Waals surface area contributed by atoms with Crippen molar-refractivity contribution in [3.63, 3.8) is 0 Å². The van der Waals surface area contributed by atoms with Gasteiger partial charge in [-0.3, -0.25) is 4.99 Å². The molecule has 96 valence electrons. The fraction of sp³-hybridized carbons (Fsp3) is 0.909. The molecule has 0 saturated heterocycles. The summed E-state index contributed by atoms with van der Waals surface area (Å²) >= 11 is 0. The molecule has 1 N–H and O–H groups in total. The lowest BCUT2D eigenvalue weighted by Crippen LogP contribution is -2.27. The van der Waals surface area contributed by atoms with Crippen molar-refractivity contribution in [2.24, 2.45) is 4.99 Å². The summed E-state index contributed by atoms with van der Waals surface area (Å²) in [6.07, 6.45) is 1.30. The Bertz CT molecular complexity index is 177. The fourth-order valence-electron chi connectivity index (χ4n) is 1.23. The van der Waals surface area contributed by atoms with Crippen LogP contribution in [0.1, 0.15) is 26.2 Å². The van der Waals surface area contributed by atoms with Crippen LogP contribution in [-0.4, -0.2) is 51.3 Å². The number of nitrogens with zero attached hydrogens (tertiary/aromatic N) is 1. The number of hydrogen-bond acceptors (Lipinski definition) is 5. The number of aliphatic hydroxyl groups excluding tert-OH is 1. The molecule has 0 aliphatic carbocycles. The smallest absolute Gasteiger partial charge is 0.179 e. The first-order valence-electron chi connectivity index (χ1n) is 5.46. The van der Waals surface area contributed by atoms with Gasteiger partial charge in [0.1, 0.15) is 0 Å². The van der Waals surface area contributed by atoms with E-state index in [1.165, 1.54) is 7.11 Å². The van der Waals surface area contributed by atoms with E-state index in [0.29, 0.717) is 13.0 Å². The van der Waals surface area contributed by atoms with Gasteiger partial charge in [0.15, 0.2) is 12.6 Å². The van der Waals surface area contributed by atoms with Gasteiger partial charge < -0.3 is 19.3 Å². The van der Waals surface area contributed by atoms with E-state index < -0.39 is 6.29 Å². The molecule has 5 nitrogen and oxygen atoms in total. The van der Waals surface area contributed by atoms with E-state index in [4.69, 9.17) is 19.3 Å². The second kappa shape index (κ2) is 9.72. The van der Waals surface area contributed by atoms with Gasteiger partial charge >= 0.3 is 0 Å². The predicted molar refractivity (Wildman–Crippen MR) is 62.6 cm³/mol. The summed E-state index contributed by atoms with van der Waals surface area (Å²) < 4.78 is 15.3. The molecule has 0 saturated carbocycles. The van der Waals surface area contributed by atoms with Gasteiger partial charge in [0.2, 0.25) is 0 Å². The monoisotopic (exact) mass is 233 g/mol. The molecule has 0 radical (unpaired) electrons. The summed E-state index contributed by atoms with van der Waals surface area (Å²) in [5.41, 5.74) is 0. The number of aliphatic hydroxyl groups is 1. The van der Waals surface area contributed by atoms with Crippen molar-refractivity contribution in [1.29, 1.82) is 0 Å². The Balaban J connectivity index is 3.52. The molecule has 0 aliphatic rings. The normalized spacial score (nSPS) is 16.8. The summed E-state index contributed by atoms with van der Waals surface area (Å²) in [6.45, 7) is 5.91. The molecule has 0 aliphatic heterocycles. The Labute approximate surface area is 97.4 Å². The highest BCUT2D eigenvalue weighted by Crippen LogP contribution is 2.07. The standard InChI is InChI=1S/C11H23NO4/c1-9(12-2)11(15-4)16-8-6-5-7-10(13)14-3/h9-11,13H,2,5-8H2,1,3-4H3. The molecule has 5 heteroatoms. The number of rotatable bonds is 10. The van der Waals surface area contributed by atoms with E-state index in [0.717, 1.165) is 12.8 Å². The van der Waals surface area contributed by atoms with Gasteiger partial charge in [0, 0.05) is 20.8 Å². The minimum absolute atomic E-state index is 0.0745. The third kappa shape index (κ3) is 6.90. The van der Waals surface area contributed by atoms with Crippen molar-refractivity contribution in [2.75, 3.05) is 20.8 Å². The van der Waals surface area contributed by atoms with Crippen LogP contribution in [0, 0.1) is 0 Å². The molecular weight excluding hydrogens is 210 g/mol. The van der Waals surface area contributed by atoms with Gasteiger partial charge in [0.25, 0.3) is 0 Å². The van der Waals surface area contributed by atoms with Gasteiger partial charge in [-0.25, -0.2) is 0 Å². The number of unbranched alkanes of at least 4 members (excludes halogenated alkanes) is 1. The zero-order valence-corrected chi connectivity index (χ0v) is 10.4. The van der Waals surface area contributed by atoms with Crippen molar-refractivity contribution in [3.8, 4) is 0 Å². The maximum Gasteiger partial charge on any atom is 0.179 e. The summed E-state index contributed by atoms with van der Waals surface area (Å²) in [7, 11) is 3.07. The topological polar surface area (TPSA) is 60.3 Å². The summed E-state index contributed by atoms with van der Waals surface area (Å²) in [6, 6.07) is -0.0745. The van der Waals surface area contributed by atoms with Gasteiger partial charge in [-0.15, -0.1) is 0 Å². The van der Waals surface area contributed by atoms with E-state index in [2.05, 4.69) is 11.7 Å². The Morgan fingerprint density at radius 2 is 1.94 bits per heavy atom. The molecule has 0 rings (SSSR count). The van der Waals surface area contributed by atoms with Crippen LogP contribution in [0.3, 0.4) is 0 Å². The zero-order valence-electron chi connectivity index (χ0n) is 10.4. The molecule has 0 spiro atoms. The fourth-order valence-corrected chi connectivity index (χ4v) is 1.23.